The topological polar surface area (TPSA) is 162 Å². The van der Waals surface area contributed by atoms with Crippen LogP contribution in [0.5, 0.6) is 46.0 Å². The van der Waals surface area contributed by atoms with E-state index in [2.05, 4.69) is 91.4 Å². The van der Waals surface area contributed by atoms with Crippen LogP contribution in [-0.2, 0) is 0 Å². The maximum atomic E-state index is 12.6. The number of hydrogen-bond acceptors (Lipinski definition) is 8. The van der Waals surface area contributed by atoms with Crippen LogP contribution in [0.3, 0.4) is 0 Å². The molecular weight excluding hydrogens is 1410 g/mol. The number of fused-ring (bicyclic) bond motifs is 8. The quantitative estimate of drug-likeness (QED) is 0.0203. The molecule has 520 valence electrons. The lowest BCUT2D eigenvalue weighted by Gasteiger charge is -2.30. The van der Waals surface area contributed by atoms with E-state index >= 15 is 0 Å². The van der Waals surface area contributed by atoms with E-state index in [0.29, 0.717) is 70.2 Å². The fourth-order valence-corrected chi connectivity index (χ4v) is 16.6. The van der Waals surface area contributed by atoms with E-state index in [1.54, 1.807) is 0 Å². The lowest BCUT2D eigenvalue weighted by molar-refractivity contribution is 0.412. The molecule has 0 unspecified atom stereocenters. The summed E-state index contributed by atoms with van der Waals surface area (Å²) >= 11 is 14.8. The minimum atomic E-state index is -0.639. The molecule has 0 fully saturated rings. The molecule has 0 aliphatic heterocycles. The Kier molecular flexibility index (Phi) is 39.6. The molecule has 12 heteroatoms. The molecule has 0 saturated carbocycles. The molecule has 1 aliphatic rings. The smallest absolute Gasteiger partial charge is 0.137 e. The van der Waals surface area contributed by atoms with Gasteiger partial charge in [-0.25, -0.2) is 0 Å². The van der Waals surface area contributed by atoms with Crippen LogP contribution in [0.4, 0.5) is 0 Å². The van der Waals surface area contributed by atoms with Crippen molar-refractivity contribution in [2.24, 2.45) is 0 Å². The number of halogens is 4. The fraction of sp³-hybridized carbons (Fsp3) is 0.700. The number of phenols is 8. The maximum absolute atomic E-state index is 12.6. The van der Waals surface area contributed by atoms with E-state index in [1.807, 2.05) is 24.3 Å². The predicted octanol–water partition coefficient (Wildman–Crippen LogP) is 28.0. The van der Waals surface area contributed by atoms with Gasteiger partial charge in [0, 0.05) is 68.2 Å². The van der Waals surface area contributed by atoms with Gasteiger partial charge in [0.25, 0.3) is 0 Å². The van der Waals surface area contributed by atoms with Gasteiger partial charge in [0.05, 0.1) is 0 Å². The van der Waals surface area contributed by atoms with Gasteiger partial charge < -0.3 is 40.9 Å². The van der Waals surface area contributed by atoms with Gasteiger partial charge in [-0.2, -0.15) is 0 Å². The Morgan fingerprint density at radius 3 is 0.424 bits per heavy atom. The van der Waals surface area contributed by atoms with Crippen LogP contribution in [0.15, 0.2) is 42.2 Å². The molecule has 0 aromatic heterocycles. The number of unbranched alkanes of at least 4 members (excludes halogenated alkanes) is 40. The van der Waals surface area contributed by atoms with Gasteiger partial charge in [0.2, 0.25) is 0 Å². The zero-order chi connectivity index (χ0) is 66.6. The van der Waals surface area contributed by atoms with Crippen molar-refractivity contribution in [2.75, 3.05) is 0 Å². The van der Waals surface area contributed by atoms with Crippen LogP contribution in [0.25, 0.3) is 0 Å². The number of rotatable bonds is 48. The van der Waals surface area contributed by atoms with Crippen LogP contribution in [0, 0.1) is 0 Å². The Morgan fingerprint density at radius 1 is 0.196 bits per heavy atom. The Hall–Kier alpha value is -2.80. The third kappa shape index (κ3) is 24.9. The van der Waals surface area contributed by atoms with Crippen molar-refractivity contribution in [3.8, 4) is 46.0 Å². The molecule has 0 atom stereocenters. The molecule has 4 aromatic carbocycles. The highest BCUT2D eigenvalue weighted by molar-refractivity contribution is 9.11. The largest absolute Gasteiger partial charge is 0.506 e. The second kappa shape index (κ2) is 45.7. The lowest BCUT2D eigenvalue weighted by Crippen LogP contribution is -2.12. The van der Waals surface area contributed by atoms with Crippen molar-refractivity contribution >= 4 is 63.7 Å². The van der Waals surface area contributed by atoms with E-state index in [9.17, 15) is 40.9 Å². The SMILES string of the molecule is CCCCCCCCCCCCCC1c2cc(c(O)c(Br)c2O)C(CCCCCCCCCCCCC)c2cc(c(O)c(Br)c2O)C(CCCCCCCCCCCCC)c2cc(c(O)c(Br)c2O)C(CCCCCCCCCCCCC)c2cc1c(O)c(Br)c2O. The molecule has 0 radical (unpaired) electrons. The summed E-state index contributed by atoms with van der Waals surface area (Å²) < 4.78 is 0.472. The lowest BCUT2D eigenvalue weighted by atomic mass is 9.76. The van der Waals surface area contributed by atoms with E-state index in [-0.39, 0.29) is 63.9 Å². The van der Waals surface area contributed by atoms with Gasteiger partial charge in [0.15, 0.2) is 0 Å². The monoisotopic (exact) mass is 1530 g/mol. The van der Waals surface area contributed by atoms with Crippen molar-refractivity contribution < 1.29 is 40.9 Å². The molecule has 0 heterocycles. The van der Waals surface area contributed by atoms with Crippen molar-refractivity contribution in [2.45, 2.75) is 360 Å². The second-order valence-corrected chi connectivity index (χ2v) is 30.9. The minimum absolute atomic E-state index is 0.118. The van der Waals surface area contributed by atoms with E-state index < -0.39 is 23.7 Å². The molecule has 0 spiro atoms. The first-order valence-electron chi connectivity index (χ1n) is 37.6. The third-order valence-corrected chi connectivity index (χ3v) is 23.5. The molecule has 0 saturated heterocycles. The van der Waals surface area contributed by atoms with E-state index in [0.717, 1.165) is 103 Å². The Labute approximate surface area is 592 Å². The van der Waals surface area contributed by atoms with Crippen LogP contribution in [0.1, 0.15) is 404 Å². The highest BCUT2D eigenvalue weighted by Gasteiger charge is 2.36. The van der Waals surface area contributed by atoms with E-state index in [4.69, 9.17) is 0 Å². The molecule has 4 aromatic rings. The standard InChI is InChI=1S/C80H124Br4O8/c1-5-9-13-17-21-25-29-33-37-41-45-49-57-61-53-63(75(87)69(81)73(61)85)58(50-46-42-38-34-30-26-22-18-14-10-6-2)65-55-67(79(91)71(83)77(65)89)60(52-48-44-40-36-32-28-24-20-16-12-8-4)68-56-66(78(90)72(84)80(68)92)59(64-54-62(57)74(86)70(82)76(64)88)51-47-43-39-35-31-27-23-19-15-11-7-3/h53-60,85-92H,5-52H2,1-4H3. The van der Waals surface area contributed by atoms with Crippen molar-refractivity contribution in [1.82, 2.24) is 0 Å². The zero-order valence-electron chi connectivity index (χ0n) is 57.6. The highest BCUT2D eigenvalue weighted by atomic mass is 79.9. The van der Waals surface area contributed by atoms with E-state index in [1.165, 1.54) is 180 Å². The van der Waals surface area contributed by atoms with Gasteiger partial charge in [-0.3, -0.25) is 0 Å². The van der Waals surface area contributed by atoms with Crippen LogP contribution in [-0.4, -0.2) is 40.9 Å². The average molecular weight is 1530 g/mol. The summed E-state index contributed by atoms with van der Waals surface area (Å²) in [4.78, 5) is 0. The maximum Gasteiger partial charge on any atom is 0.137 e. The predicted molar refractivity (Wildman–Crippen MR) is 402 cm³/mol. The summed E-state index contributed by atoms with van der Waals surface area (Å²) in [5, 5.41) is 101. The Bertz CT molecular complexity index is 2250. The third-order valence-electron chi connectivity index (χ3n) is 20.5. The van der Waals surface area contributed by atoms with Gasteiger partial charge in [-0.1, -0.05) is 310 Å². The first-order valence-corrected chi connectivity index (χ1v) is 40.8. The fourth-order valence-electron chi connectivity index (χ4n) is 14.8. The Morgan fingerprint density at radius 2 is 0.304 bits per heavy atom. The molecule has 8 N–H and O–H groups in total. The first-order chi connectivity index (χ1) is 44.7. The minimum Gasteiger partial charge on any atom is -0.506 e. The van der Waals surface area contributed by atoms with Crippen molar-refractivity contribution in [3.63, 3.8) is 0 Å². The Balaban J connectivity index is 1.71. The second-order valence-electron chi connectivity index (χ2n) is 27.8. The zero-order valence-corrected chi connectivity index (χ0v) is 64.0. The summed E-state index contributed by atoms with van der Waals surface area (Å²) in [6, 6.07) is 7.54. The summed E-state index contributed by atoms with van der Waals surface area (Å²) in [5.41, 5.74) is 3.99. The molecular formula is C80H124Br4O8. The molecule has 8 nitrogen and oxygen atoms in total. The van der Waals surface area contributed by atoms with Crippen molar-refractivity contribution in [1.29, 1.82) is 0 Å². The van der Waals surface area contributed by atoms with Gasteiger partial charge in [-0.15, -0.1) is 0 Å². The molecule has 92 heavy (non-hydrogen) atoms. The normalized spacial score (nSPS) is 15.7. The summed E-state index contributed by atoms with van der Waals surface area (Å²) in [6.07, 6.45) is 52.8. The number of phenolic OH excluding ortho intramolecular Hbond substituents is 8. The molecule has 8 bridgehead atoms. The number of benzene rings is 4. The summed E-state index contributed by atoms with van der Waals surface area (Å²) in [5.74, 6) is -3.74. The average Bonchev–Trinajstić information content (AvgIpc) is 0.753. The van der Waals surface area contributed by atoms with Crippen LogP contribution in [0.2, 0.25) is 0 Å². The van der Waals surface area contributed by atoms with Gasteiger partial charge in [-0.05, 0) is 114 Å². The molecule has 1 aliphatic carbocycles. The van der Waals surface area contributed by atoms with Crippen LogP contribution >= 0.6 is 63.7 Å². The summed E-state index contributed by atoms with van der Waals surface area (Å²) in [7, 11) is 0. The number of aromatic hydroxyl groups is 8. The van der Waals surface area contributed by atoms with Crippen LogP contribution < -0.4 is 0 Å². The van der Waals surface area contributed by atoms with Gasteiger partial charge in [0.1, 0.15) is 63.9 Å². The molecule has 0 amide bonds. The summed E-state index contributed by atoms with van der Waals surface area (Å²) in [6.45, 7) is 9.01. The first kappa shape index (κ1) is 79.9. The number of hydrogen-bond donors (Lipinski definition) is 8. The highest BCUT2D eigenvalue weighted by Crippen LogP contribution is 2.58. The molecule has 5 rings (SSSR count). The van der Waals surface area contributed by atoms with Crippen molar-refractivity contribution in [3.05, 3.63) is 86.7 Å². The van der Waals surface area contributed by atoms with Gasteiger partial charge >= 0.3 is 0 Å².